The summed E-state index contributed by atoms with van der Waals surface area (Å²) in [7, 11) is 0. The van der Waals surface area contributed by atoms with Gasteiger partial charge in [-0.25, -0.2) is 0 Å². The Morgan fingerprint density at radius 1 is 1.28 bits per heavy atom. The van der Waals surface area contributed by atoms with E-state index in [1.54, 1.807) is 12.1 Å². The molecule has 3 rings (SSSR count). The molecule has 1 aromatic carbocycles. The highest BCUT2D eigenvalue weighted by molar-refractivity contribution is 5.96. The van der Waals surface area contributed by atoms with Crippen molar-refractivity contribution >= 4 is 17.3 Å². The Balaban J connectivity index is 1.71. The first-order valence-electron chi connectivity index (χ1n) is 9.74. The Morgan fingerprint density at radius 3 is 2.52 bits per heavy atom. The van der Waals surface area contributed by atoms with Crippen molar-refractivity contribution in [3.8, 4) is 0 Å². The smallest absolute Gasteiger partial charge is 0.293 e. The van der Waals surface area contributed by atoms with Gasteiger partial charge in [0.15, 0.2) is 0 Å². The Hall–Kier alpha value is -2.94. The van der Waals surface area contributed by atoms with Crippen LogP contribution in [0.2, 0.25) is 0 Å². The molecule has 0 unspecified atom stereocenters. The van der Waals surface area contributed by atoms with Gasteiger partial charge < -0.3 is 14.7 Å². The number of nitrogens with zero attached hydrogens (tertiary/aromatic N) is 4. The van der Waals surface area contributed by atoms with Crippen LogP contribution >= 0.6 is 0 Å². The molecule has 0 radical (unpaired) electrons. The summed E-state index contributed by atoms with van der Waals surface area (Å²) in [6.07, 6.45) is 0. The van der Waals surface area contributed by atoms with Crippen LogP contribution in [0, 0.1) is 24.0 Å². The average Bonchev–Trinajstić information content (AvgIpc) is 2.99. The molecule has 9 nitrogen and oxygen atoms in total. The molecule has 0 aliphatic carbocycles. The monoisotopic (exact) mass is 401 g/mol. The summed E-state index contributed by atoms with van der Waals surface area (Å²) < 4.78 is 5.23. The van der Waals surface area contributed by atoms with Gasteiger partial charge in [-0.2, -0.15) is 0 Å². The molecule has 0 spiro atoms. The number of anilines is 1. The molecular formula is C20H27N5O4. The van der Waals surface area contributed by atoms with Crippen molar-refractivity contribution in [2.24, 2.45) is 0 Å². The largest absolute Gasteiger partial charge is 0.363 e. The number of piperazine rings is 1. The summed E-state index contributed by atoms with van der Waals surface area (Å²) in [5.41, 5.74) is 2.81. The third-order valence-electron chi connectivity index (χ3n) is 5.13. The molecule has 2 aromatic rings. The molecule has 2 heterocycles. The summed E-state index contributed by atoms with van der Waals surface area (Å²) >= 11 is 0. The molecule has 1 N–H and O–H groups in total. The number of rotatable bonds is 6. The van der Waals surface area contributed by atoms with Crippen LogP contribution in [0.1, 0.15) is 41.2 Å². The van der Waals surface area contributed by atoms with Crippen LogP contribution in [-0.4, -0.2) is 53.1 Å². The van der Waals surface area contributed by atoms with Gasteiger partial charge in [0, 0.05) is 56.0 Å². The van der Waals surface area contributed by atoms with Crippen LogP contribution in [-0.2, 0) is 6.54 Å². The topological polar surface area (TPSA) is 105 Å². The Bertz CT molecular complexity index is 881. The Labute approximate surface area is 169 Å². The first kappa shape index (κ1) is 20.8. The van der Waals surface area contributed by atoms with E-state index in [0.29, 0.717) is 24.3 Å². The van der Waals surface area contributed by atoms with Gasteiger partial charge in [0.05, 0.1) is 10.6 Å². The van der Waals surface area contributed by atoms with Crippen molar-refractivity contribution in [2.45, 2.75) is 40.3 Å². The number of nitro groups is 1. The van der Waals surface area contributed by atoms with Gasteiger partial charge in [0.2, 0.25) is 0 Å². The number of carbonyl (C=O) groups excluding carboxylic acids is 1. The van der Waals surface area contributed by atoms with E-state index in [2.05, 4.69) is 15.4 Å². The van der Waals surface area contributed by atoms with E-state index in [4.69, 9.17) is 4.52 Å². The van der Waals surface area contributed by atoms with E-state index in [0.717, 1.165) is 36.7 Å². The van der Waals surface area contributed by atoms with E-state index in [1.165, 1.54) is 6.07 Å². The second kappa shape index (κ2) is 8.60. The fraction of sp³-hybridized carbons (Fsp3) is 0.500. The van der Waals surface area contributed by atoms with Gasteiger partial charge in [-0.15, -0.1) is 0 Å². The highest BCUT2D eigenvalue weighted by Crippen LogP contribution is 2.30. The first-order valence-corrected chi connectivity index (χ1v) is 9.74. The van der Waals surface area contributed by atoms with Crippen molar-refractivity contribution < 1.29 is 14.2 Å². The number of carbonyl (C=O) groups is 1. The number of hydrogen-bond acceptors (Lipinski definition) is 7. The lowest BCUT2D eigenvalue weighted by Crippen LogP contribution is -2.46. The fourth-order valence-electron chi connectivity index (χ4n) is 3.52. The van der Waals surface area contributed by atoms with Gasteiger partial charge in [-0.05, 0) is 39.8 Å². The van der Waals surface area contributed by atoms with Crippen LogP contribution in [0.25, 0.3) is 0 Å². The summed E-state index contributed by atoms with van der Waals surface area (Å²) in [6.45, 7) is 11.2. The zero-order chi connectivity index (χ0) is 21.1. The minimum Gasteiger partial charge on any atom is -0.363 e. The normalized spacial score (nSPS) is 15.0. The minimum atomic E-state index is -0.419. The number of nitrogens with one attached hydrogen (secondary N) is 1. The van der Waals surface area contributed by atoms with Crippen LogP contribution in [0.4, 0.5) is 11.4 Å². The Morgan fingerprint density at radius 2 is 1.97 bits per heavy atom. The zero-order valence-corrected chi connectivity index (χ0v) is 17.3. The van der Waals surface area contributed by atoms with Crippen LogP contribution in [0.15, 0.2) is 22.7 Å². The van der Waals surface area contributed by atoms with Crippen LogP contribution in [0.3, 0.4) is 0 Å². The molecule has 0 saturated carbocycles. The standard InChI is InChI=1S/C20H27N5O4/c1-13(2)21-20(26)16-5-6-18(19(11-16)25(27)28)24-9-7-23(8-10-24)12-17-14(3)22-29-15(17)4/h5-6,11,13H,7-10,12H2,1-4H3,(H,21,26). The maximum Gasteiger partial charge on any atom is 0.293 e. The van der Waals surface area contributed by atoms with Crippen LogP contribution in [0.5, 0.6) is 0 Å². The number of amides is 1. The number of nitro benzene ring substituents is 1. The summed E-state index contributed by atoms with van der Waals surface area (Å²) in [4.78, 5) is 27.7. The lowest BCUT2D eigenvalue weighted by Gasteiger charge is -2.35. The van der Waals surface area contributed by atoms with E-state index in [1.807, 2.05) is 32.6 Å². The average molecular weight is 401 g/mol. The van der Waals surface area contributed by atoms with Gasteiger partial charge in [-0.1, -0.05) is 5.16 Å². The van der Waals surface area contributed by atoms with Gasteiger partial charge in [0.1, 0.15) is 11.4 Å². The second-order valence-corrected chi connectivity index (χ2v) is 7.65. The maximum absolute atomic E-state index is 12.2. The van der Waals surface area contributed by atoms with Gasteiger partial charge in [-0.3, -0.25) is 19.8 Å². The molecule has 0 atom stereocenters. The predicted molar refractivity (Wildman–Crippen MR) is 109 cm³/mol. The number of aromatic nitrogens is 1. The van der Waals surface area contributed by atoms with Crippen molar-refractivity contribution in [1.29, 1.82) is 0 Å². The van der Waals surface area contributed by atoms with E-state index in [9.17, 15) is 14.9 Å². The van der Waals surface area contributed by atoms with Gasteiger partial charge in [0.25, 0.3) is 11.6 Å². The molecule has 156 valence electrons. The molecule has 1 saturated heterocycles. The molecule has 1 amide bonds. The first-order chi connectivity index (χ1) is 13.8. The highest BCUT2D eigenvalue weighted by Gasteiger charge is 2.26. The third-order valence-corrected chi connectivity index (χ3v) is 5.13. The molecular weight excluding hydrogens is 374 g/mol. The van der Waals surface area contributed by atoms with Crippen molar-refractivity contribution in [1.82, 2.24) is 15.4 Å². The minimum absolute atomic E-state index is 0.0352. The zero-order valence-electron chi connectivity index (χ0n) is 17.3. The van der Waals surface area contributed by atoms with Gasteiger partial charge >= 0.3 is 0 Å². The summed E-state index contributed by atoms with van der Waals surface area (Å²) in [5, 5.41) is 18.4. The molecule has 1 aliphatic rings. The molecule has 1 aliphatic heterocycles. The molecule has 1 fully saturated rings. The number of benzene rings is 1. The van der Waals surface area contributed by atoms with Crippen molar-refractivity contribution in [3.63, 3.8) is 0 Å². The molecule has 29 heavy (non-hydrogen) atoms. The fourth-order valence-corrected chi connectivity index (χ4v) is 3.52. The van der Waals surface area contributed by atoms with E-state index < -0.39 is 4.92 Å². The van der Waals surface area contributed by atoms with Crippen molar-refractivity contribution in [3.05, 3.63) is 50.9 Å². The van der Waals surface area contributed by atoms with Crippen LogP contribution < -0.4 is 10.2 Å². The highest BCUT2D eigenvalue weighted by atomic mass is 16.6. The van der Waals surface area contributed by atoms with E-state index >= 15 is 0 Å². The quantitative estimate of drug-likeness (QED) is 0.586. The Kier molecular flexibility index (Phi) is 6.17. The lowest BCUT2D eigenvalue weighted by atomic mass is 10.1. The second-order valence-electron chi connectivity index (χ2n) is 7.65. The summed E-state index contributed by atoms with van der Waals surface area (Å²) in [5.74, 6) is 0.523. The lowest BCUT2D eigenvalue weighted by molar-refractivity contribution is -0.384. The molecule has 9 heteroatoms. The molecule has 1 aromatic heterocycles. The third kappa shape index (κ3) is 4.73. The molecule has 0 bridgehead atoms. The van der Waals surface area contributed by atoms with Crippen molar-refractivity contribution in [2.75, 3.05) is 31.1 Å². The van der Waals surface area contributed by atoms with E-state index in [-0.39, 0.29) is 17.6 Å². The maximum atomic E-state index is 12.2. The summed E-state index contributed by atoms with van der Waals surface area (Å²) in [6, 6.07) is 4.66. The predicted octanol–water partition coefficient (Wildman–Crippen LogP) is 2.66. The number of hydrogen-bond donors (Lipinski definition) is 1. The number of aryl methyl sites for hydroxylation is 2. The SMILES string of the molecule is Cc1noc(C)c1CN1CCN(c2ccc(C(=O)NC(C)C)cc2[N+](=O)[O-])CC1.